The van der Waals surface area contributed by atoms with E-state index in [1.165, 1.54) is 12.1 Å². The summed E-state index contributed by atoms with van der Waals surface area (Å²) in [6.45, 7) is 9.12. The van der Waals surface area contributed by atoms with Crippen molar-refractivity contribution in [1.82, 2.24) is 5.32 Å². The molecule has 1 atom stereocenters. The predicted octanol–water partition coefficient (Wildman–Crippen LogP) is 4.15. The van der Waals surface area contributed by atoms with Gasteiger partial charge in [-0.25, -0.2) is 8.78 Å². The fraction of sp³-hybridized carbons (Fsp3) is 0.571. The van der Waals surface area contributed by atoms with Gasteiger partial charge in [0.25, 0.3) is 0 Å². The van der Waals surface area contributed by atoms with Gasteiger partial charge in [0.15, 0.2) is 0 Å². The summed E-state index contributed by atoms with van der Waals surface area (Å²) in [5.74, 6) is -0.245. The van der Waals surface area contributed by atoms with E-state index in [4.69, 9.17) is 0 Å². The second kappa shape index (κ2) is 6.53. The van der Waals surface area contributed by atoms with Crippen molar-refractivity contribution >= 4 is 11.8 Å². The molecule has 0 radical (unpaired) electrons. The lowest BCUT2D eigenvalue weighted by Gasteiger charge is -2.24. The van der Waals surface area contributed by atoms with Crippen molar-refractivity contribution in [1.29, 1.82) is 0 Å². The summed E-state index contributed by atoms with van der Waals surface area (Å²) in [5, 5.41) is 3.25. The fourth-order valence-electron chi connectivity index (χ4n) is 1.62. The average Bonchev–Trinajstić information content (AvgIpc) is 2.24. The third-order valence-electron chi connectivity index (χ3n) is 2.47. The first-order valence-corrected chi connectivity index (χ1v) is 7.14. The molecular weight excluding hydrogens is 252 g/mol. The van der Waals surface area contributed by atoms with Gasteiger partial charge in [-0.2, -0.15) is 11.8 Å². The van der Waals surface area contributed by atoms with Crippen molar-refractivity contribution in [3.63, 3.8) is 0 Å². The Morgan fingerprint density at radius 2 is 1.94 bits per heavy atom. The van der Waals surface area contributed by atoms with Crippen LogP contribution < -0.4 is 5.32 Å². The first-order valence-electron chi connectivity index (χ1n) is 6.16. The molecule has 0 aliphatic rings. The molecule has 18 heavy (non-hydrogen) atoms. The van der Waals surface area contributed by atoms with Crippen molar-refractivity contribution in [3.05, 3.63) is 35.4 Å². The van der Waals surface area contributed by atoms with Gasteiger partial charge in [-0.1, -0.05) is 33.8 Å². The van der Waals surface area contributed by atoms with E-state index in [1.807, 2.05) is 6.92 Å². The average molecular weight is 273 g/mol. The predicted molar refractivity (Wildman–Crippen MR) is 75.0 cm³/mol. The number of thioether (sulfide) groups is 1. The smallest absolute Gasteiger partial charge is 0.130 e. The molecule has 0 saturated carbocycles. The van der Waals surface area contributed by atoms with E-state index in [-0.39, 0.29) is 10.8 Å². The summed E-state index contributed by atoms with van der Waals surface area (Å²) < 4.78 is 26.8. The maximum absolute atomic E-state index is 13.8. The molecule has 0 spiro atoms. The van der Waals surface area contributed by atoms with Crippen molar-refractivity contribution < 1.29 is 8.78 Å². The Morgan fingerprint density at radius 1 is 1.28 bits per heavy atom. The first kappa shape index (κ1) is 15.4. The Labute approximate surface area is 112 Å². The highest BCUT2D eigenvalue weighted by Gasteiger charge is 2.19. The highest BCUT2D eigenvalue weighted by molar-refractivity contribution is 8.00. The zero-order valence-corrected chi connectivity index (χ0v) is 12.2. The number of benzene rings is 1. The van der Waals surface area contributed by atoms with Gasteiger partial charge in [0.2, 0.25) is 0 Å². The number of rotatable bonds is 5. The minimum Gasteiger partial charge on any atom is -0.309 e. The van der Waals surface area contributed by atoms with Crippen LogP contribution in [0.5, 0.6) is 0 Å². The molecule has 1 N–H and O–H groups in total. The molecule has 1 aromatic rings. The van der Waals surface area contributed by atoms with Crippen LogP contribution in [0, 0.1) is 11.6 Å². The summed E-state index contributed by atoms with van der Waals surface area (Å²) in [4.78, 5) is 0. The molecule has 1 unspecified atom stereocenters. The van der Waals surface area contributed by atoms with E-state index in [1.54, 1.807) is 11.8 Å². The molecule has 102 valence electrons. The monoisotopic (exact) mass is 273 g/mol. The van der Waals surface area contributed by atoms with Crippen LogP contribution in [-0.4, -0.2) is 17.0 Å². The molecule has 0 aliphatic heterocycles. The summed E-state index contributed by atoms with van der Waals surface area (Å²) in [6, 6.07) is 3.70. The lowest BCUT2D eigenvalue weighted by atomic mass is 10.1. The Kier molecular flexibility index (Phi) is 5.60. The molecule has 0 aromatic heterocycles. The molecule has 0 bridgehead atoms. The van der Waals surface area contributed by atoms with Gasteiger partial charge in [0, 0.05) is 28.2 Å². The van der Waals surface area contributed by atoms with Gasteiger partial charge in [-0.3, -0.25) is 0 Å². The van der Waals surface area contributed by atoms with Crippen LogP contribution >= 0.6 is 11.8 Å². The first-order chi connectivity index (χ1) is 8.33. The fourth-order valence-corrected chi connectivity index (χ4v) is 2.59. The second-order valence-corrected chi connectivity index (χ2v) is 7.05. The van der Waals surface area contributed by atoms with Crippen LogP contribution in [0.2, 0.25) is 0 Å². The molecular formula is C14H21F2NS. The second-order valence-electron chi connectivity index (χ2n) is 5.20. The van der Waals surface area contributed by atoms with E-state index in [0.29, 0.717) is 5.56 Å². The van der Waals surface area contributed by atoms with E-state index in [0.717, 1.165) is 18.4 Å². The van der Waals surface area contributed by atoms with Gasteiger partial charge >= 0.3 is 0 Å². The van der Waals surface area contributed by atoms with Gasteiger partial charge in [0.1, 0.15) is 11.6 Å². The van der Waals surface area contributed by atoms with Gasteiger partial charge in [0.05, 0.1) is 0 Å². The zero-order chi connectivity index (χ0) is 13.8. The Hall–Kier alpha value is -0.610. The number of hydrogen-bond donors (Lipinski definition) is 1. The summed E-state index contributed by atoms with van der Waals surface area (Å²) in [6.07, 6.45) is 0. The molecule has 0 heterocycles. The molecule has 1 nitrogen and oxygen atoms in total. The van der Waals surface area contributed by atoms with Crippen molar-refractivity contribution in [2.45, 2.75) is 38.5 Å². The van der Waals surface area contributed by atoms with Gasteiger partial charge in [-0.15, -0.1) is 0 Å². The normalized spacial score (nSPS) is 13.7. The van der Waals surface area contributed by atoms with Crippen LogP contribution in [0.25, 0.3) is 0 Å². The molecule has 1 aromatic carbocycles. The maximum atomic E-state index is 13.8. The van der Waals surface area contributed by atoms with Gasteiger partial charge < -0.3 is 5.32 Å². The lowest BCUT2D eigenvalue weighted by Crippen LogP contribution is -2.26. The third-order valence-corrected chi connectivity index (χ3v) is 3.84. The molecule has 0 saturated heterocycles. The highest BCUT2D eigenvalue weighted by Crippen LogP contribution is 2.29. The topological polar surface area (TPSA) is 12.0 Å². The van der Waals surface area contributed by atoms with E-state index >= 15 is 0 Å². The van der Waals surface area contributed by atoms with Crippen molar-refractivity contribution in [2.75, 3.05) is 12.3 Å². The quantitative estimate of drug-likeness (QED) is 0.865. The minimum atomic E-state index is -0.532. The standard InChI is InChI=1S/C14H21F2NS/c1-5-17-13(9-18-14(2,3)4)11-7-6-10(15)8-12(11)16/h6-8,13,17H,5,9H2,1-4H3. The zero-order valence-electron chi connectivity index (χ0n) is 11.4. The highest BCUT2D eigenvalue weighted by atomic mass is 32.2. The Balaban J connectivity index is 2.83. The lowest BCUT2D eigenvalue weighted by molar-refractivity contribution is 0.530. The molecule has 1 rings (SSSR count). The van der Waals surface area contributed by atoms with Crippen LogP contribution in [0.15, 0.2) is 18.2 Å². The number of hydrogen-bond acceptors (Lipinski definition) is 2. The van der Waals surface area contributed by atoms with Crippen LogP contribution in [0.3, 0.4) is 0 Å². The van der Waals surface area contributed by atoms with Crippen LogP contribution in [0.4, 0.5) is 8.78 Å². The van der Waals surface area contributed by atoms with Crippen LogP contribution in [-0.2, 0) is 0 Å². The number of nitrogens with one attached hydrogen (secondary N) is 1. The molecule has 0 amide bonds. The SMILES string of the molecule is CCNC(CSC(C)(C)C)c1ccc(F)cc1F. The summed E-state index contributed by atoms with van der Waals surface area (Å²) in [5.41, 5.74) is 0.537. The molecule has 0 aliphatic carbocycles. The Bertz CT molecular complexity index is 388. The number of halogens is 2. The minimum absolute atomic E-state index is 0.0835. The maximum Gasteiger partial charge on any atom is 0.130 e. The van der Waals surface area contributed by atoms with Crippen molar-refractivity contribution in [2.24, 2.45) is 0 Å². The van der Waals surface area contributed by atoms with E-state index in [9.17, 15) is 8.78 Å². The summed E-state index contributed by atoms with van der Waals surface area (Å²) >= 11 is 1.77. The van der Waals surface area contributed by atoms with E-state index in [2.05, 4.69) is 26.1 Å². The van der Waals surface area contributed by atoms with Crippen molar-refractivity contribution in [3.8, 4) is 0 Å². The largest absolute Gasteiger partial charge is 0.309 e. The Morgan fingerprint density at radius 3 is 2.44 bits per heavy atom. The molecule has 0 fully saturated rings. The van der Waals surface area contributed by atoms with Gasteiger partial charge in [-0.05, 0) is 12.6 Å². The molecule has 4 heteroatoms. The van der Waals surface area contributed by atoms with E-state index < -0.39 is 11.6 Å². The van der Waals surface area contributed by atoms with Crippen LogP contribution in [0.1, 0.15) is 39.3 Å². The summed E-state index contributed by atoms with van der Waals surface area (Å²) in [7, 11) is 0. The third kappa shape index (κ3) is 4.94.